The van der Waals surface area contributed by atoms with Gasteiger partial charge in [-0.25, -0.2) is 9.97 Å². The topological polar surface area (TPSA) is 80.5 Å². The highest BCUT2D eigenvalue weighted by Crippen LogP contribution is 2.17. The van der Waals surface area contributed by atoms with Crippen LogP contribution in [0.1, 0.15) is 18.9 Å². The van der Waals surface area contributed by atoms with Crippen LogP contribution in [0.3, 0.4) is 0 Å². The van der Waals surface area contributed by atoms with Crippen molar-refractivity contribution in [1.82, 2.24) is 25.0 Å². The van der Waals surface area contributed by atoms with E-state index < -0.39 is 0 Å². The Hall–Kier alpha value is -2.18. The van der Waals surface area contributed by atoms with Gasteiger partial charge in [0, 0.05) is 31.4 Å². The maximum absolute atomic E-state index is 4.26. The Morgan fingerprint density at radius 1 is 1.21 bits per heavy atom. The third kappa shape index (κ3) is 3.64. The van der Waals surface area contributed by atoms with Gasteiger partial charge in [0.2, 0.25) is 0 Å². The van der Waals surface area contributed by atoms with Crippen molar-refractivity contribution in [2.24, 2.45) is 0 Å². The van der Waals surface area contributed by atoms with Gasteiger partial charge in [-0.05, 0) is 20.3 Å². The van der Waals surface area contributed by atoms with Crippen LogP contribution in [0.25, 0.3) is 0 Å². The second-order valence-corrected chi connectivity index (χ2v) is 4.17. The molecule has 0 atom stereocenters. The van der Waals surface area contributed by atoms with Crippen LogP contribution in [-0.4, -0.2) is 38.1 Å². The fraction of sp³-hybridized carbons (Fsp3) is 0.500. The molecule has 0 radical (unpaired) electrons. The summed E-state index contributed by atoms with van der Waals surface area (Å²) in [7, 11) is 0. The zero-order valence-corrected chi connectivity index (χ0v) is 11.3. The summed E-state index contributed by atoms with van der Waals surface area (Å²) in [6.45, 7) is 6.59. The molecular weight excluding hydrogens is 242 g/mol. The molecule has 0 aliphatic carbocycles. The third-order valence-electron chi connectivity index (χ3n) is 2.76. The van der Waals surface area contributed by atoms with E-state index in [0.29, 0.717) is 0 Å². The van der Waals surface area contributed by atoms with Crippen molar-refractivity contribution < 1.29 is 0 Å². The Balaban J connectivity index is 1.83. The van der Waals surface area contributed by atoms with E-state index in [4.69, 9.17) is 0 Å². The summed E-state index contributed by atoms with van der Waals surface area (Å²) in [5.74, 6) is 1.76. The first kappa shape index (κ1) is 13.3. The molecule has 0 aromatic carbocycles. The Morgan fingerprint density at radius 2 is 2.00 bits per heavy atom. The summed E-state index contributed by atoms with van der Waals surface area (Å²) in [6.07, 6.45) is 6.08. The standard InChI is InChI=1S/C12H19N7/c1-3-13-11-10(2)12(16-9-15-11)14-5-4-7-19-8-6-17-18-19/h6,8-9H,3-5,7H2,1-2H3,(H2,13,14,15,16). The minimum atomic E-state index is 0.837. The maximum Gasteiger partial charge on any atom is 0.134 e. The van der Waals surface area contributed by atoms with Crippen molar-refractivity contribution in [1.29, 1.82) is 0 Å². The van der Waals surface area contributed by atoms with E-state index >= 15 is 0 Å². The summed E-state index contributed by atoms with van der Waals surface area (Å²) in [4.78, 5) is 8.47. The van der Waals surface area contributed by atoms with Gasteiger partial charge in [-0.1, -0.05) is 5.21 Å². The summed E-state index contributed by atoms with van der Waals surface area (Å²) < 4.78 is 1.82. The number of anilines is 2. The van der Waals surface area contributed by atoms with E-state index in [1.807, 2.05) is 24.7 Å². The number of rotatable bonds is 7. The molecule has 2 aromatic heterocycles. The van der Waals surface area contributed by atoms with Gasteiger partial charge in [-0.15, -0.1) is 5.10 Å². The molecule has 0 fully saturated rings. The Kier molecular flexibility index (Phi) is 4.66. The highest BCUT2D eigenvalue weighted by Gasteiger charge is 2.05. The SMILES string of the molecule is CCNc1ncnc(NCCCn2ccnn2)c1C. The molecular formula is C12H19N7. The van der Waals surface area contributed by atoms with Crippen molar-refractivity contribution in [2.45, 2.75) is 26.8 Å². The molecule has 0 spiro atoms. The molecule has 7 nitrogen and oxygen atoms in total. The summed E-state index contributed by atoms with van der Waals surface area (Å²) in [5, 5.41) is 14.2. The lowest BCUT2D eigenvalue weighted by atomic mass is 10.3. The number of nitrogens with zero attached hydrogens (tertiary/aromatic N) is 5. The van der Waals surface area contributed by atoms with Gasteiger partial charge >= 0.3 is 0 Å². The van der Waals surface area contributed by atoms with Crippen LogP contribution in [0.2, 0.25) is 0 Å². The Bertz CT molecular complexity index is 495. The maximum atomic E-state index is 4.26. The summed E-state index contributed by atoms with van der Waals surface area (Å²) in [6, 6.07) is 0. The molecule has 0 saturated carbocycles. The molecule has 2 aromatic rings. The van der Waals surface area contributed by atoms with Gasteiger partial charge < -0.3 is 10.6 Å². The Morgan fingerprint density at radius 3 is 2.68 bits per heavy atom. The number of aryl methyl sites for hydroxylation is 1. The van der Waals surface area contributed by atoms with Crippen LogP contribution in [-0.2, 0) is 6.54 Å². The van der Waals surface area contributed by atoms with Gasteiger partial charge in [0.15, 0.2) is 0 Å². The molecule has 102 valence electrons. The fourth-order valence-electron chi connectivity index (χ4n) is 1.77. The van der Waals surface area contributed by atoms with Crippen molar-refractivity contribution in [3.63, 3.8) is 0 Å². The lowest BCUT2D eigenvalue weighted by molar-refractivity contribution is 0.569. The smallest absolute Gasteiger partial charge is 0.134 e. The van der Waals surface area contributed by atoms with Crippen LogP contribution >= 0.6 is 0 Å². The second-order valence-electron chi connectivity index (χ2n) is 4.17. The van der Waals surface area contributed by atoms with Crippen LogP contribution in [0, 0.1) is 6.92 Å². The van der Waals surface area contributed by atoms with E-state index in [1.54, 1.807) is 12.5 Å². The number of hydrogen-bond donors (Lipinski definition) is 2. The average molecular weight is 261 g/mol. The third-order valence-corrected chi connectivity index (χ3v) is 2.76. The van der Waals surface area contributed by atoms with Gasteiger partial charge in [0.05, 0.1) is 6.20 Å². The zero-order valence-electron chi connectivity index (χ0n) is 11.3. The zero-order chi connectivity index (χ0) is 13.5. The van der Waals surface area contributed by atoms with Crippen LogP contribution < -0.4 is 10.6 Å². The molecule has 0 amide bonds. The molecule has 0 unspecified atom stereocenters. The minimum Gasteiger partial charge on any atom is -0.370 e. The fourth-order valence-corrected chi connectivity index (χ4v) is 1.77. The van der Waals surface area contributed by atoms with E-state index in [0.717, 1.165) is 43.3 Å². The van der Waals surface area contributed by atoms with E-state index in [1.165, 1.54) is 0 Å². The van der Waals surface area contributed by atoms with E-state index in [-0.39, 0.29) is 0 Å². The summed E-state index contributed by atoms with van der Waals surface area (Å²) >= 11 is 0. The average Bonchev–Trinajstić information content (AvgIpc) is 2.92. The van der Waals surface area contributed by atoms with E-state index in [2.05, 4.69) is 30.9 Å². The van der Waals surface area contributed by atoms with Gasteiger partial charge in [-0.2, -0.15) is 0 Å². The van der Waals surface area contributed by atoms with Gasteiger partial charge in [0.1, 0.15) is 18.0 Å². The minimum absolute atomic E-state index is 0.837. The molecule has 0 aliphatic rings. The normalized spacial score (nSPS) is 10.4. The van der Waals surface area contributed by atoms with Gasteiger partial charge in [0.25, 0.3) is 0 Å². The van der Waals surface area contributed by atoms with Crippen LogP contribution in [0.4, 0.5) is 11.6 Å². The highest BCUT2D eigenvalue weighted by atomic mass is 15.4. The van der Waals surface area contributed by atoms with E-state index in [9.17, 15) is 0 Å². The molecule has 2 heterocycles. The molecule has 2 rings (SSSR count). The van der Waals surface area contributed by atoms with Crippen molar-refractivity contribution in [2.75, 3.05) is 23.7 Å². The molecule has 7 heteroatoms. The van der Waals surface area contributed by atoms with Crippen LogP contribution in [0.5, 0.6) is 0 Å². The molecule has 2 N–H and O–H groups in total. The molecule has 0 aliphatic heterocycles. The Labute approximate surface area is 112 Å². The predicted molar refractivity (Wildman–Crippen MR) is 74.1 cm³/mol. The second kappa shape index (κ2) is 6.67. The van der Waals surface area contributed by atoms with Crippen molar-refractivity contribution in [3.05, 3.63) is 24.3 Å². The highest BCUT2D eigenvalue weighted by molar-refractivity contribution is 5.56. The first-order valence-corrected chi connectivity index (χ1v) is 6.44. The summed E-state index contributed by atoms with van der Waals surface area (Å²) in [5.41, 5.74) is 1.05. The monoisotopic (exact) mass is 261 g/mol. The molecule has 0 saturated heterocycles. The largest absolute Gasteiger partial charge is 0.370 e. The molecule has 19 heavy (non-hydrogen) atoms. The first-order chi connectivity index (χ1) is 9.31. The van der Waals surface area contributed by atoms with Gasteiger partial charge in [-0.3, -0.25) is 4.68 Å². The predicted octanol–water partition coefficient (Wildman–Crippen LogP) is 1.31. The lowest BCUT2D eigenvalue weighted by Crippen LogP contribution is -2.11. The van der Waals surface area contributed by atoms with Crippen molar-refractivity contribution in [3.8, 4) is 0 Å². The van der Waals surface area contributed by atoms with Crippen LogP contribution in [0.15, 0.2) is 18.7 Å². The number of nitrogens with one attached hydrogen (secondary N) is 2. The van der Waals surface area contributed by atoms with Crippen molar-refractivity contribution >= 4 is 11.6 Å². The number of aromatic nitrogens is 5. The molecule has 0 bridgehead atoms. The number of hydrogen-bond acceptors (Lipinski definition) is 6. The lowest BCUT2D eigenvalue weighted by Gasteiger charge is -2.11. The quantitative estimate of drug-likeness (QED) is 0.731. The first-order valence-electron chi connectivity index (χ1n) is 6.44.